The van der Waals surface area contributed by atoms with Crippen molar-refractivity contribution in [2.24, 2.45) is 28.7 Å². The Hall–Kier alpha value is -6.18. The summed E-state index contributed by atoms with van der Waals surface area (Å²) in [5, 5.41) is 13.1. The monoisotopic (exact) mass is 920 g/mol. The summed E-state index contributed by atoms with van der Waals surface area (Å²) in [7, 11) is 0. The highest BCUT2D eigenvalue weighted by atomic mass is 79.9. The molecule has 0 aliphatic carbocycles. The van der Waals surface area contributed by atoms with Crippen molar-refractivity contribution in [3.8, 4) is 0 Å². The number of amides is 8. The van der Waals surface area contributed by atoms with E-state index in [1.807, 2.05) is 6.07 Å². The summed E-state index contributed by atoms with van der Waals surface area (Å²) in [4.78, 5) is 105. The molecular formula is C43H57BrN10O8. The minimum atomic E-state index is -1.57. The van der Waals surface area contributed by atoms with E-state index in [0.717, 1.165) is 5.56 Å². The minimum absolute atomic E-state index is 0.0454. The topological polar surface area (TPSA) is 327 Å². The van der Waals surface area contributed by atoms with E-state index in [0.29, 0.717) is 30.5 Å². The summed E-state index contributed by atoms with van der Waals surface area (Å²) < 4.78 is 0. The fourth-order valence-corrected chi connectivity index (χ4v) is 7.07. The molecule has 0 aliphatic rings. The summed E-state index contributed by atoms with van der Waals surface area (Å²) in [6, 6.07) is 18.4. The number of benzene rings is 3. The van der Waals surface area contributed by atoms with Gasteiger partial charge in [-0.25, -0.2) is 0 Å². The zero-order valence-electron chi connectivity index (χ0n) is 34.3. The van der Waals surface area contributed by atoms with Crippen molar-refractivity contribution < 1.29 is 38.4 Å². The molecule has 0 bridgehead atoms. The van der Waals surface area contributed by atoms with Crippen molar-refractivity contribution in [3.05, 3.63) is 108 Å². The SMILES string of the molecule is NCCCC[C@H](NC(=O)[C@H](Cc1ccccc1)NC(=O)[C@@H](NC(=O)[C@H](Cc1ccccc1)NC(=O)[C@H](CCC(N)=O)NC(=O)[C@@H](N)Cc1ccccc1)C(Br)CC(N)=O)C(N)=O. The molecule has 3 aromatic rings. The number of unbranched alkanes of at least 4 members (excludes halogenated alkanes) is 1. The van der Waals surface area contributed by atoms with Gasteiger partial charge < -0.3 is 55.3 Å². The molecule has 0 saturated carbocycles. The van der Waals surface area contributed by atoms with Gasteiger partial charge in [0.2, 0.25) is 47.3 Å². The fraction of sp³-hybridized carbons (Fsp3) is 0.395. The third kappa shape index (κ3) is 17.8. The second kappa shape index (κ2) is 26.2. The maximum Gasteiger partial charge on any atom is 0.244 e. The second-order valence-corrected chi connectivity index (χ2v) is 16.0. The highest BCUT2D eigenvalue weighted by Gasteiger charge is 2.36. The van der Waals surface area contributed by atoms with E-state index in [-0.39, 0.29) is 38.5 Å². The number of nitrogens with two attached hydrogens (primary N) is 5. The molecule has 7 atom stereocenters. The standard InChI is InChI=1S/C43H57BrN10O8/c44-29(25-36(48)56)37(43(62)53-33(23-27-14-6-2-7-15-27)41(60)50-31(38(49)57)18-10-11-21-45)54-42(61)34(24-28-16-8-3-9-17-28)52-40(59)32(19-20-35(47)55)51-39(58)30(46)22-26-12-4-1-5-13-26/h1-9,12-17,29-34,37H,10-11,18-25,45-46H2,(H2,47,55)(H2,48,56)(H2,49,57)(H,50,60)(H,51,58)(H,52,59)(H,53,62)(H,54,61)/t29?,30-,31-,32-,33-,34-,37-/m0/s1. The average Bonchev–Trinajstić information content (AvgIpc) is 3.23. The molecule has 0 saturated heterocycles. The maximum absolute atomic E-state index is 14.3. The van der Waals surface area contributed by atoms with Crippen LogP contribution < -0.4 is 55.3 Å². The number of hydrogen-bond acceptors (Lipinski definition) is 10. The lowest BCUT2D eigenvalue weighted by Crippen LogP contribution is -2.62. The van der Waals surface area contributed by atoms with Crippen molar-refractivity contribution >= 4 is 63.2 Å². The molecule has 15 N–H and O–H groups in total. The predicted molar refractivity (Wildman–Crippen MR) is 235 cm³/mol. The first-order valence-corrected chi connectivity index (χ1v) is 21.1. The number of carbonyl (C=O) groups excluding carboxylic acids is 8. The van der Waals surface area contributed by atoms with E-state index < -0.39 is 94.8 Å². The number of rotatable bonds is 27. The first kappa shape index (κ1) is 50.2. The van der Waals surface area contributed by atoms with Gasteiger partial charge in [0.1, 0.15) is 30.2 Å². The Balaban J connectivity index is 1.93. The molecule has 0 aliphatic heterocycles. The van der Waals surface area contributed by atoms with Crippen molar-refractivity contribution in [1.82, 2.24) is 26.6 Å². The molecule has 0 fully saturated rings. The van der Waals surface area contributed by atoms with E-state index in [1.54, 1.807) is 84.9 Å². The molecular weight excluding hydrogens is 864 g/mol. The lowest BCUT2D eigenvalue weighted by atomic mass is 10.0. The third-order valence-corrected chi connectivity index (χ3v) is 10.6. The van der Waals surface area contributed by atoms with Gasteiger partial charge in [0.15, 0.2) is 0 Å². The Morgan fingerprint density at radius 2 is 0.935 bits per heavy atom. The molecule has 3 aromatic carbocycles. The van der Waals surface area contributed by atoms with Crippen molar-refractivity contribution in [1.29, 1.82) is 0 Å². The Bertz CT molecular complexity index is 1960. The zero-order valence-corrected chi connectivity index (χ0v) is 35.9. The largest absolute Gasteiger partial charge is 0.370 e. The van der Waals surface area contributed by atoms with Crippen molar-refractivity contribution in [2.45, 2.75) is 98.9 Å². The van der Waals surface area contributed by atoms with E-state index in [1.165, 1.54) is 0 Å². The molecule has 0 aromatic heterocycles. The maximum atomic E-state index is 14.3. The third-order valence-electron chi connectivity index (χ3n) is 9.72. The van der Waals surface area contributed by atoms with Gasteiger partial charge in [0, 0.05) is 25.7 Å². The van der Waals surface area contributed by atoms with E-state index in [9.17, 15) is 38.4 Å². The van der Waals surface area contributed by atoms with Crippen LogP contribution in [0, 0.1) is 0 Å². The molecule has 8 amide bonds. The molecule has 0 spiro atoms. The van der Waals surface area contributed by atoms with Crippen LogP contribution in [0.15, 0.2) is 91.0 Å². The Kier molecular flexibility index (Phi) is 21.2. The van der Waals surface area contributed by atoms with Crippen LogP contribution in [0.25, 0.3) is 0 Å². The van der Waals surface area contributed by atoms with Crippen LogP contribution in [-0.2, 0) is 57.6 Å². The second-order valence-electron chi connectivity index (χ2n) is 14.8. The summed E-state index contributed by atoms with van der Waals surface area (Å²) in [5.74, 6) is -6.46. The summed E-state index contributed by atoms with van der Waals surface area (Å²) in [5.41, 5.74) is 30.3. The molecule has 3 rings (SSSR count). The summed E-state index contributed by atoms with van der Waals surface area (Å²) >= 11 is 3.31. The molecule has 334 valence electrons. The van der Waals surface area contributed by atoms with Crippen LogP contribution >= 0.6 is 15.9 Å². The predicted octanol–water partition coefficient (Wildman–Crippen LogP) is -1.02. The van der Waals surface area contributed by atoms with Crippen molar-refractivity contribution in [2.75, 3.05) is 6.54 Å². The van der Waals surface area contributed by atoms with Gasteiger partial charge in [-0.3, -0.25) is 38.4 Å². The van der Waals surface area contributed by atoms with Gasteiger partial charge in [-0.15, -0.1) is 0 Å². The lowest BCUT2D eigenvalue weighted by molar-refractivity contribution is -0.135. The van der Waals surface area contributed by atoms with Crippen LogP contribution in [0.2, 0.25) is 0 Å². The first-order chi connectivity index (χ1) is 29.6. The van der Waals surface area contributed by atoms with Gasteiger partial charge in [0.05, 0.1) is 10.9 Å². The molecule has 18 nitrogen and oxygen atoms in total. The Morgan fingerprint density at radius 3 is 1.40 bits per heavy atom. The van der Waals surface area contributed by atoms with Gasteiger partial charge >= 0.3 is 0 Å². The normalized spacial score (nSPS) is 14.3. The zero-order chi connectivity index (χ0) is 45.6. The Labute approximate surface area is 368 Å². The smallest absolute Gasteiger partial charge is 0.244 e. The van der Waals surface area contributed by atoms with Gasteiger partial charge in [-0.2, -0.15) is 0 Å². The number of nitrogens with one attached hydrogen (secondary N) is 5. The number of carbonyl (C=O) groups is 8. The molecule has 0 radical (unpaired) electrons. The number of alkyl halides is 1. The molecule has 1 unspecified atom stereocenters. The van der Waals surface area contributed by atoms with Gasteiger partial charge in [0.25, 0.3) is 0 Å². The van der Waals surface area contributed by atoms with Crippen molar-refractivity contribution in [3.63, 3.8) is 0 Å². The summed E-state index contributed by atoms with van der Waals surface area (Å²) in [6.07, 6.45) is 0.287. The van der Waals surface area contributed by atoms with E-state index in [4.69, 9.17) is 28.7 Å². The van der Waals surface area contributed by atoms with Crippen LogP contribution in [0.3, 0.4) is 0 Å². The van der Waals surface area contributed by atoms with Crippen LogP contribution in [-0.4, -0.2) is 94.9 Å². The first-order valence-electron chi connectivity index (χ1n) is 20.2. The Morgan fingerprint density at radius 1 is 0.500 bits per heavy atom. The fourth-order valence-electron chi connectivity index (χ4n) is 6.38. The van der Waals surface area contributed by atoms with Crippen LogP contribution in [0.1, 0.15) is 55.2 Å². The van der Waals surface area contributed by atoms with E-state index in [2.05, 4.69) is 42.5 Å². The highest BCUT2D eigenvalue weighted by molar-refractivity contribution is 9.09. The molecule has 19 heteroatoms. The summed E-state index contributed by atoms with van der Waals surface area (Å²) in [6.45, 7) is 0.366. The highest BCUT2D eigenvalue weighted by Crippen LogP contribution is 2.15. The van der Waals surface area contributed by atoms with Gasteiger partial charge in [-0.05, 0) is 55.3 Å². The number of hydrogen-bond donors (Lipinski definition) is 10. The minimum Gasteiger partial charge on any atom is -0.370 e. The number of primary amides is 3. The molecule has 62 heavy (non-hydrogen) atoms. The van der Waals surface area contributed by atoms with Crippen LogP contribution in [0.4, 0.5) is 0 Å². The van der Waals surface area contributed by atoms with Gasteiger partial charge in [-0.1, -0.05) is 107 Å². The van der Waals surface area contributed by atoms with Crippen LogP contribution in [0.5, 0.6) is 0 Å². The van der Waals surface area contributed by atoms with E-state index >= 15 is 0 Å². The quantitative estimate of drug-likeness (QED) is 0.0328. The lowest BCUT2D eigenvalue weighted by Gasteiger charge is -2.29. The molecule has 0 heterocycles. The number of halogens is 1. The average molecular weight is 922 g/mol.